The smallest absolute Gasteiger partial charge is 0.317 e. The first-order valence-electron chi connectivity index (χ1n) is 9.48. The Balaban J connectivity index is 1.57. The summed E-state index contributed by atoms with van der Waals surface area (Å²) in [5.74, 6) is -0.279. The van der Waals surface area contributed by atoms with Crippen LogP contribution in [-0.2, 0) is 6.54 Å². The first-order valence-corrected chi connectivity index (χ1v) is 9.48. The Hall–Kier alpha value is -2.41. The fraction of sp³-hybridized carbons (Fsp3) is 0.500. The Morgan fingerprint density at radius 2 is 2.15 bits per heavy atom. The molecule has 1 saturated heterocycles. The van der Waals surface area contributed by atoms with Gasteiger partial charge in [0.25, 0.3) is 0 Å². The van der Waals surface area contributed by atoms with Crippen molar-refractivity contribution in [2.45, 2.75) is 45.3 Å². The number of hydrogen-bond donors (Lipinski definition) is 2. The average molecular weight is 373 g/mol. The number of hydrogen-bond acceptors (Lipinski definition) is 3. The Bertz CT molecular complexity index is 758. The summed E-state index contributed by atoms with van der Waals surface area (Å²) in [6, 6.07) is 7.04. The standard InChI is InChI=1S/C20H28FN5O/c1-14(2)26-10-4-5-18(26)12-22-20(27)25(3)13-16-11-23-24-19(16)15-6-8-17(21)9-7-15/h6-9,11,14,18H,4-5,10,12-13H2,1-3H3,(H,22,27)(H,23,24)/t18-/m1/s1. The molecule has 1 atom stereocenters. The number of nitrogens with one attached hydrogen (secondary N) is 2. The van der Waals surface area contributed by atoms with Crippen molar-refractivity contribution in [3.63, 3.8) is 0 Å². The van der Waals surface area contributed by atoms with Crippen molar-refractivity contribution in [1.82, 2.24) is 25.3 Å². The molecule has 27 heavy (non-hydrogen) atoms. The van der Waals surface area contributed by atoms with E-state index >= 15 is 0 Å². The predicted octanol–water partition coefficient (Wildman–Crippen LogP) is 3.23. The summed E-state index contributed by atoms with van der Waals surface area (Å²) >= 11 is 0. The maximum Gasteiger partial charge on any atom is 0.317 e. The van der Waals surface area contributed by atoms with Gasteiger partial charge in [-0.25, -0.2) is 9.18 Å². The number of likely N-dealkylation sites (tertiary alicyclic amines) is 1. The Morgan fingerprint density at radius 3 is 2.85 bits per heavy atom. The molecule has 0 saturated carbocycles. The quantitative estimate of drug-likeness (QED) is 0.817. The van der Waals surface area contributed by atoms with Gasteiger partial charge in [0.1, 0.15) is 5.82 Å². The van der Waals surface area contributed by atoms with Crippen LogP contribution in [-0.4, -0.2) is 58.2 Å². The molecular formula is C20H28FN5O. The molecule has 2 N–H and O–H groups in total. The molecule has 1 aliphatic rings. The van der Waals surface area contributed by atoms with Crippen molar-refractivity contribution >= 4 is 6.03 Å². The van der Waals surface area contributed by atoms with Crippen molar-refractivity contribution in [3.05, 3.63) is 41.8 Å². The van der Waals surface area contributed by atoms with Crippen LogP contribution in [0.5, 0.6) is 0 Å². The molecule has 1 fully saturated rings. The number of benzene rings is 1. The second-order valence-corrected chi connectivity index (χ2v) is 7.45. The maximum absolute atomic E-state index is 13.1. The number of amides is 2. The second kappa shape index (κ2) is 8.52. The summed E-state index contributed by atoms with van der Waals surface area (Å²) in [6.07, 6.45) is 4.02. The van der Waals surface area contributed by atoms with Crippen molar-refractivity contribution in [1.29, 1.82) is 0 Å². The molecule has 0 spiro atoms. The number of aromatic amines is 1. The number of rotatable bonds is 6. The minimum absolute atomic E-state index is 0.100. The minimum Gasteiger partial charge on any atom is -0.336 e. The zero-order chi connectivity index (χ0) is 19.4. The molecule has 146 valence electrons. The molecule has 0 unspecified atom stereocenters. The summed E-state index contributed by atoms with van der Waals surface area (Å²) in [6.45, 7) is 6.58. The van der Waals surface area contributed by atoms with Crippen LogP contribution in [0, 0.1) is 5.82 Å². The molecule has 1 aromatic carbocycles. The highest BCUT2D eigenvalue weighted by molar-refractivity contribution is 5.74. The summed E-state index contributed by atoms with van der Waals surface area (Å²) in [7, 11) is 1.77. The number of H-pyrrole nitrogens is 1. The van der Waals surface area contributed by atoms with Gasteiger partial charge in [-0.2, -0.15) is 5.10 Å². The number of halogens is 1. The van der Waals surface area contributed by atoms with E-state index in [0.717, 1.165) is 29.8 Å². The van der Waals surface area contributed by atoms with Crippen LogP contribution >= 0.6 is 0 Å². The van der Waals surface area contributed by atoms with E-state index in [2.05, 4.69) is 34.3 Å². The lowest BCUT2D eigenvalue weighted by Gasteiger charge is -2.29. The van der Waals surface area contributed by atoms with E-state index in [4.69, 9.17) is 0 Å². The third kappa shape index (κ3) is 4.66. The molecule has 7 heteroatoms. The lowest BCUT2D eigenvalue weighted by Crippen LogP contribution is -2.46. The van der Waals surface area contributed by atoms with E-state index in [1.54, 1.807) is 30.3 Å². The first kappa shape index (κ1) is 19.4. The molecule has 3 rings (SSSR count). The largest absolute Gasteiger partial charge is 0.336 e. The van der Waals surface area contributed by atoms with E-state index in [9.17, 15) is 9.18 Å². The van der Waals surface area contributed by atoms with Gasteiger partial charge in [-0.05, 0) is 57.5 Å². The highest BCUT2D eigenvalue weighted by atomic mass is 19.1. The summed E-state index contributed by atoms with van der Waals surface area (Å²) in [5.41, 5.74) is 2.54. The molecule has 6 nitrogen and oxygen atoms in total. The van der Waals surface area contributed by atoms with Gasteiger partial charge in [-0.3, -0.25) is 10.00 Å². The fourth-order valence-electron chi connectivity index (χ4n) is 3.72. The lowest BCUT2D eigenvalue weighted by atomic mass is 10.1. The topological polar surface area (TPSA) is 64.3 Å². The van der Waals surface area contributed by atoms with Crippen molar-refractivity contribution in [3.8, 4) is 11.3 Å². The number of nitrogens with zero attached hydrogens (tertiary/aromatic N) is 3. The van der Waals surface area contributed by atoms with Gasteiger partial charge in [0, 0.05) is 36.8 Å². The van der Waals surface area contributed by atoms with E-state index in [0.29, 0.717) is 25.2 Å². The third-order valence-corrected chi connectivity index (χ3v) is 5.18. The van der Waals surface area contributed by atoms with Gasteiger partial charge < -0.3 is 10.2 Å². The zero-order valence-electron chi connectivity index (χ0n) is 16.2. The van der Waals surface area contributed by atoms with E-state index in [1.165, 1.54) is 18.6 Å². The zero-order valence-corrected chi connectivity index (χ0v) is 16.2. The Morgan fingerprint density at radius 1 is 1.41 bits per heavy atom. The average Bonchev–Trinajstić information content (AvgIpc) is 3.29. The van der Waals surface area contributed by atoms with Gasteiger partial charge in [0.05, 0.1) is 18.4 Å². The van der Waals surface area contributed by atoms with Gasteiger partial charge in [0.15, 0.2) is 0 Å². The van der Waals surface area contributed by atoms with Gasteiger partial charge in [-0.15, -0.1) is 0 Å². The molecule has 1 aromatic heterocycles. The SMILES string of the molecule is CC(C)N1CCC[C@@H]1CNC(=O)N(C)Cc1cn[nH]c1-c1ccc(F)cc1. The van der Waals surface area contributed by atoms with Gasteiger partial charge in [0.2, 0.25) is 0 Å². The first-order chi connectivity index (χ1) is 13.0. The van der Waals surface area contributed by atoms with Crippen molar-refractivity contribution in [2.75, 3.05) is 20.1 Å². The van der Waals surface area contributed by atoms with Crippen LogP contribution in [0.15, 0.2) is 30.5 Å². The minimum atomic E-state index is -0.279. The van der Waals surface area contributed by atoms with Gasteiger partial charge >= 0.3 is 6.03 Å². The highest BCUT2D eigenvalue weighted by Crippen LogP contribution is 2.22. The van der Waals surface area contributed by atoms with Crippen LogP contribution in [0.1, 0.15) is 32.3 Å². The number of aromatic nitrogens is 2. The normalized spacial score (nSPS) is 17.4. The van der Waals surface area contributed by atoms with E-state index in [1.807, 2.05) is 0 Å². The molecule has 2 heterocycles. The summed E-state index contributed by atoms with van der Waals surface area (Å²) < 4.78 is 13.1. The van der Waals surface area contributed by atoms with Crippen LogP contribution in [0.3, 0.4) is 0 Å². The molecule has 1 aliphatic heterocycles. The number of carbonyl (C=O) groups excluding carboxylic acids is 1. The van der Waals surface area contributed by atoms with Crippen molar-refractivity contribution in [2.24, 2.45) is 0 Å². The maximum atomic E-state index is 13.1. The van der Waals surface area contributed by atoms with Crippen LogP contribution in [0.25, 0.3) is 11.3 Å². The van der Waals surface area contributed by atoms with Gasteiger partial charge in [-0.1, -0.05) is 0 Å². The molecule has 2 aromatic rings. The Kier molecular flexibility index (Phi) is 6.11. The Labute approximate surface area is 159 Å². The molecule has 2 amide bonds. The summed E-state index contributed by atoms with van der Waals surface area (Å²) in [5, 5.41) is 10.1. The molecular weight excluding hydrogens is 345 g/mol. The monoisotopic (exact) mass is 373 g/mol. The van der Waals surface area contributed by atoms with E-state index < -0.39 is 0 Å². The lowest BCUT2D eigenvalue weighted by molar-refractivity contribution is 0.184. The molecule has 0 bridgehead atoms. The number of urea groups is 1. The second-order valence-electron chi connectivity index (χ2n) is 7.45. The van der Waals surface area contributed by atoms with Crippen LogP contribution in [0.4, 0.5) is 9.18 Å². The fourth-order valence-corrected chi connectivity index (χ4v) is 3.72. The van der Waals surface area contributed by atoms with Crippen molar-refractivity contribution < 1.29 is 9.18 Å². The molecule has 0 radical (unpaired) electrons. The predicted molar refractivity (Wildman–Crippen MR) is 104 cm³/mol. The third-order valence-electron chi connectivity index (χ3n) is 5.18. The highest BCUT2D eigenvalue weighted by Gasteiger charge is 2.27. The number of carbonyl (C=O) groups is 1. The van der Waals surface area contributed by atoms with E-state index in [-0.39, 0.29) is 11.8 Å². The van der Waals surface area contributed by atoms with Crippen LogP contribution < -0.4 is 5.32 Å². The molecule has 0 aliphatic carbocycles. The summed E-state index contributed by atoms with van der Waals surface area (Å²) in [4.78, 5) is 16.6. The van der Waals surface area contributed by atoms with Crippen LogP contribution in [0.2, 0.25) is 0 Å².